The molecule has 1 aromatic carbocycles. The van der Waals surface area contributed by atoms with E-state index in [-0.39, 0.29) is 5.82 Å². The van der Waals surface area contributed by atoms with Crippen LogP contribution >= 0.6 is 45.2 Å². The van der Waals surface area contributed by atoms with Gasteiger partial charge in [-0.1, -0.05) is 0 Å². The summed E-state index contributed by atoms with van der Waals surface area (Å²) in [5, 5.41) is 20.2. The van der Waals surface area contributed by atoms with Crippen LogP contribution in [-0.2, 0) is 0 Å². The second-order valence-corrected chi connectivity index (χ2v) is 6.86. The Balaban J connectivity index is 2.45. The predicted molar refractivity (Wildman–Crippen MR) is 105 cm³/mol. The molecule has 8 nitrogen and oxygen atoms in total. The van der Waals surface area contributed by atoms with Gasteiger partial charge in [0.25, 0.3) is 5.88 Å². The van der Waals surface area contributed by atoms with Crippen LogP contribution in [0.5, 0.6) is 11.6 Å². The molecule has 24 heavy (non-hydrogen) atoms. The Morgan fingerprint density at radius 2 is 2.12 bits per heavy atom. The monoisotopic (exact) mass is 555 g/mol. The van der Waals surface area contributed by atoms with E-state index >= 15 is 0 Å². The number of aromatic hydroxyl groups is 1. The van der Waals surface area contributed by atoms with E-state index in [2.05, 4.69) is 55.1 Å². The van der Waals surface area contributed by atoms with Gasteiger partial charge in [0.1, 0.15) is 11.6 Å². The average molecular weight is 555 g/mol. The van der Waals surface area contributed by atoms with Crippen molar-refractivity contribution in [2.45, 2.75) is 6.92 Å². The quantitative estimate of drug-likeness (QED) is 0.333. The number of hydrogen-bond acceptors (Lipinski definition) is 6. The highest BCUT2D eigenvalue weighted by Gasteiger charge is 2.21. The van der Waals surface area contributed by atoms with Crippen molar-refractivity contribution in [3.63, 3.8) is 0 Å². The number of nitrogens with one attached hydrogen (secondary N) is 1. The van der Waals surface area contributed by atoms with Gasteiger partial charge in [-0.05, 0) is 76.4 Å². The molecule has 2 N–H and O–H groups in total. The van der Waals surface area contributed by atoms with Crippen LogP contribution in [0.25, 0.3) is 12.2 Å². The summed E-state index contributed by atoms with van der Waals surface area (Å²) in [7, 11) is 0. The van der Waals surface area contributed by atoms with Gasteiger partial charge < -0.3 is 14.8 Å². The van der Waals surface area contributed by atoms with Gasteiger partial charge in [-0.2, -0.15) is 4.98 Å². The van der Waals surface area contributed by atoms with Crippen LogP contribution in [0.4, 0.5) is 5.69 Å². The van der Waals surface area contributed by atoms with Crippen LogP contribution in [0.3, 0.4) is 0 Å². The third-order valence-corrected chi connectivity index (χ3v) is 4.25. The number of aromatic amines is 1. The molecule has 0 fully saturated rings. The molecular formula is C14H11I2N3O5. The fourth-order valence-electron chi connectivity index (χ4n) is 1.88. The summed E-state index contributed by atoms with van der Waals surface area (Å²) in [5.74, 6) is -0.242. The maximum absolute atomic E-state index is 11.6. The molecule has 0 aliphatic carbocycles. The number of hydrogen-bond donors (Lipinski definition) is 2. The molecule has 0 bridgehead atoms. The summed E-state index contributed by atoms with van der Waals surface area (Å²) in [5.41, 5.74) is -1.24. The zero-order chi connectivity index (χ0) is 17.9. The van der Waals surface area contributed by atoms with E-state index in [4.69, 9.17) is 4.74 Å². The van der Waals surface area contributed by atoms with E-state index in [0.29, 0.717) is 12.4 Å². The zero-order valence-corrected chi connectivity index (χ0v) is 16.6. The standard InChI is InChI=1S/C14H11I2N3O5/c1-2-24-12-7(5-8(15)6-9(12)16)3-4-10-17-13(20)11(19(22)23)14(21)18-10/h3-6H,2H2,1H3,(H2,17,18,20,21)/b4-3-. The van der Waals surface area contributed by atoms with Gasteiger partial charge in [0, 0.05) is 9.13 Å². The number of halogens is 2. The molecule has 0 radical (unpaired) electrons. The summed E-state index contributed by atoms with van der Waals surface area (Å²) < 4.78 is 7.53. The van der Waals surface area contributed by atoms with Gasteiger partial charge in [0.15, 0.2) is 0 Å². The number of ether oxygens (including phenoxy) is 1. The van der Waals surface area contributed by atoms with Crippen LogP contribution in [0.2, 0.25) is 0 Å². The lowest BCUT2D eigenvalue weighted by Crippen LogP contribution is -2.14. The van der Waals surface area contributed by atoms with E-state index < -0.39 is 22.0 Å². The topological polar surface area (TPSA) is 118 Å². The lowest BCUT2D eigenvalue weighted by molar-refractivity contribution is -0.387. The molecule has 126 valence electrons. The number of aromatic nitrogens is 2. The summed E-state index contributed by atoms with van der Waals surface area (Å²) in [6.07, 6.45) is 3.09. The maximum Gasteiger partial charge on any atom is 0.395 e. The molecule has 0 atom stereocenters. The van der Waals surface area contributed by atoms with E-state index in [0.717, 1.165) is 12.7 Å². The highest BCUT2D eigenvalue weighted by atomic mass is 127. The third-order valence-electron chi connectivity index (χ3n) is 2.82. The minimum atomic E-state index is -1.02. The third kappa shape index (κ3) is 4.23. The summed E-state index contributed by atoms with van der Waals surface area (Å²) in [6.45, 7) is 2.36. The molecule has 0 saturated heterocycles. The molecule has 1 heterocycles. The van der Waals surface area contributed by atoms with Gasteiger partial charge in [0.05, 0.1) is 15.1 Å². The molecule has 0 unspecified atom stereocenters. The van der Waals surface area contributed by atoms with Crippen molar-refractivity contribution in [2.75, 3.05) is 6.61 Å². The van der Waals surface area contributed by atoms with Crippen molar-refractivity contribution in [3.8, 4) is 11.6 Å². The van der Waals surface area contributed by atoms with E-state index in [1.807, 2.05) is 19.1 Å². The molecule has 10 heteroatoms. The summed E-state index contributed by atoms with van der Waals surface area (Å²) in [6, 6.07) is 3.84. The van der Waals surface area contributed by atoms with Crippen molar-refractivity contribution in [1.82, 2.24) is 9.97 Å². The largest absolute Gasteiger partial charge is 0.492 e. The predicted octanol–water partition coefficient (Wildman–Crippen LogP) is 3.16. The number of rotatable bonds is 5. The number of nitro groups is 1. The van der Waals surface area contributed by atoms with E-state index in [9.17, 15) is 20.0 Å². The maximum atomic E-state index is 11.6. The fourth-order valence-corrected chi connectivity index (χ4v) is 3.93. The highest BCUT2D eigenvalue weighted by molar-refractivity contribution is 14.1. The first-order valence-electron chi connectivity index (χ1n) is 6.61. The molecule has 0 saturated carbocycles. The lowest BCUT2D eigenvalue weighted by Gasteiger charge is -2.10. The molecule has 0 spiro atoms. The number of benzene rings is 1. The van der Waals surface area contributed by atoms with Crippen LogP contribution in [0.15, 0.2) is 16.9 Å². The van der Waals surface area contributed by atoms with Gasteiger partial charge >= 0.3 is 11.2 Å². The van der Waals surface area contributed by atoms with Crippen molar-refractivity contribution in [3.05, 3.63) is 51.1 Å². The molecule has 2 rings (SSSR count). The van der Waals surface area contributed by atoms with Crippen LogP contribution < -0.4 is 10.3 Å². The minimum Gasteiger partial charge on any atom is -0.492 e. The second-order valence-electron chi connectivity index (χ2n) is 4.45. The Bertz CT molecular complexity index is 879. The average Bonchev–Trinajstić information content (AvgIpc) is 2.47. The molecular weight excluding hydrogens is 544 g/mol. The van der Waals surface area contributed by atoms with Gasteiger partial charge in [-0.15, -0.1) is 0 Å². The zero-order valence-electron chi connectivity index (χ0n) is 12.2. The van der Waals surface area contributed by atoms with Crippen LogP contribution in [0, 0.1) is 17.3 Å². The normalized spacial score (nSPS) is 11.0. The molecule has 0 amide bonds. The van der Waals surface area contributed by atoms with Crippen molar-refractivity contribution >= 4 is 63.0 Å². The van der Waals surface area contributed by atoms with Crippen molar-refractivity contribution in [1.29, 1.82) is 0 Å². The SMILES string of the molecule is CCOc1c(I)cc(I)cc1/C=C\c1nc(O)c([N+](=O)[O-])c(=O)[nH]1. The van der Waals surface area contributed by atoms with Crippen LogP contribution in [0.1, 0.15) is 18.3 Å². The smallest absolute Gasteiger partial charge is 0.395 e. The molecule has 0 aliphatic heterocycles. The Labute approximate surface area is 163 Å². The molecule has 1 aromatic heterocycles. The fraction of sp³-hybridized carbons (Fsp3) is 0.143. The first kappa shape index (κ1) is 18.6. The summed E-state index contributed by atoms with van der Waals surface area (Å²) in [4.78, 5) is 27.2. The van der Waals surface area contributed by atoms with Crippen molar-refractivity contribution < 1.29 is 14.8 Å². The van der Waals surface area contributed by atoms with Gasteiger partial charge in [-0.25, -0.2) is 0 Å². The Kier molecular flexibility index (Phi) is 6.15. The Morgan fingerprint density at radius 3 is 2.71 bits per heavy atom. The molecule has 2 aromatic rings. The first-order chi connectivity index (χ1) is 11.3. The summed E-state index contributed by atoms with van der Waals surface area (Å²) >= 11 is 4.33. The van der Waals surface area contributed by atoms with E-state index in [1.54, 1.807) is 6.08 Å². The van der Waals surface area contributed by atoms with Crippen molar-refractivity contribution in [2.24, 2.45) is 0 Å². The number of nitrogens with zero attached hydrogens (tertiary/aromatic N) is 2. The Hall–Kier alpha value is -1.70. The van der Waals surface area contributed by atoms with Gasteiger partial charge in [0.2, 0.25) is 0 Å². The minimum absolute atomic E-state index is 0.000539. The Morgan fingerprint density at radius 1 is 1.42 bits per heavy atom. The second kappa shape index (κ2) is 7.92. The highest BCUT2D eigenvalue weighted by Crippen LogP contribution is 2.30. The number of H-pyrrole nitrogens is 1. The van der Waals surface area contributed by atoms with Gasteiger partial charge in [-0.3, -0.25) is 14.9 Å². The molecule has 0 aliphatic rings. The first-order valence-corrected chi connectivity index (χ1v) is 8.76. The van der Waals surface area contributed by atoms with Crippen LogP contribution in [-0.4, -0.2) is 26.6 Å². The van der Waals surface area contributed by atoms with E-state index in [1.165, 1.54) is 6.08 Å². The lowest BCUT2D eigenvalue weighted by atomic mass is 10.2.